The molecule has 0 spiro atoms. The van der Waals surface area contributed by atoms with E-state index in [1.807, 2.05) is 31.2 Å². The highest BCUT2D eigenvalue weighted by Crippen LogP contribution is 2.24. The van der Waals surface area contributed by atoms with Crippen LogP contribution in [0.25, 0.3) is 0 Å². The summed E-state index contributed by atoms with van der Waals surface area (Å²) in [6.45, 7) is 1.91. The van der Waals surface area contributed by atoms with E-state index in [-0.39, 0.29) is 11.7 Å². The average molecular weight is 285 g/mol. The first-order valence-electron chi connectivity index (χ1n) is 6.81. The molecule has 0 saturated carbocycles. The lowest BCUT2D eigenvalue weighted by molar-refractivity contribution is -0.116. The molecule has 0 aliphatic rings. The van der Waals surface area contributed by atoms with E-state index in [2.05, 4.69) is 5.32 Å². The van der Waals surface area contributed by atoms with Crippen LogP contribution in [0.1, 0.15) is 17.5 Å². The van der Waals surface area contributed by atoms with Crippen molar-refractivity contribution in [2.24, 2.45) is 0 Å². The highest BCUT2D eigenvalue weighted by Gasteiger charge is 2.09. The number of carbonyl (C=O) groups excluding carboxylic acids is 1. The lowest BCUT2D eigenvalue weighted by Crippen LogP contribution is -2.12. The summed E-state index contributed by atoms with van der Waals surface area (Å²) in [5.74, 6) is 0.719. The van der Waals surface area contributed by atoms with Crippen LogP contribution in [0.15, 0.2) is 42.5 Å². The van der Waals surface area contributed by atoms with Gasteiger partial charge in [0.25, 0.3) is 0 Å². The van der Waals surface area contributed by atoms with E-state index < -0.39 is 0 Å². The zero-order chi connectivity index (χ0) is 15.2. The minimum absolute atomic E-state index is 0.0752. The van der Waals surface area contributed by atoms with Crippen LogP contribution < -0.4 is 10.1 Å². The Kier molecular flexibility index (Phi) is 4.82. The number of rotatable bonds is 5. The smallest absolute Gasteiger partial charge is 0.224 e. The van der Waals surface area contributed by atoms with Crippen molar-refractivity contribution >= 4 is 11.6 Å². The quantitative estimate of drug-likeness (QED) is 0.829. The third kappa shape index (κ3) is 3.99. The lowest BCUT2D eigenvalue weighted by Gasteiger charge is -2.10. The van der Waals surface area contributed by atoms with Gasteiger partial charge in [-0.3, -0.25) is 4.79 Å². The molecule has 0 aromatic heterocycles. The second-order valence-corrected chi connectivity index (χ2v) is 4.88. The zero-order valence-electron chi connectivity index (χ0n) is 12.2. The molecule has 0 aliphatic carbocycles. The largest absolute Gasteiger partial charge is 0.506 e. The van der Waals surface area contributed by atoms with Crippen molar-refractivity contribution in [3.63, 3.8) is 0 Å². The van der Waals surface area contributed by atoms with Gasteiger partial charge in [0.05, 0.1) is 12.8 Å². The van der Waals surface area contributed by atoms with Crippen molar-refractivity contribution < 1.29 is 14.6 Å². The first-order valence-corrected chi connectivity index (χ1v) is 6.81. The average Bonchev–Trinajstić information content (AvgIpc) is 2.49. The van der Waals surface area contributed by atoms with Gasteiger partial charge in [-0.15, -0.1) is 0 Å². The maximum atomic E-state index is 12.0. The molecule has 4 heteroatoms. The molecule has 0 unspecified atom stereocenters. The molecule has 1 amide bonds. The maximum absolute atomic E-state index is 12.0. The van der Waals surface area contributed by atoms with E-state index >= 15 is 0 Å². The molecule has 4 nitrogen and oxygen atoms in total. The fourth-order valence-electron chi connectivity index (χ4n) is 2.12. The first kappa shape index (κ1) is 14.9. The van der Waals surface area contributed by atoms with Gasteiger partial charge in [0, 0.05) is 6.42 Å². The zero-order valence-corrected chi connectivity index (χ0v) is 12.2. The summed E-state index contributed by atoms with van der Waals surface area (Å²) in [7, 11) is 1.61. The molecular formula is C17H19NO3. The predicted octanol–water partition coefficient (Wildman–Crippen LogP) is 3.28. The van der Waals surface area contributed by atoms with E-state index in [4.69, 9.17) is 4.74 Å². The van der Waals surface area contributed by atoms with Gasteiger partial charge in [-0.05, 0) is 42.7 Å². The van der Waals surface area contributed by atoms with Gasteiger partial charge in [-0.25, -0.2) is 0 Å². The third-order valence-corrected chi connectivity index (χ3v) is 3.24. The van der Waals surface area contributed by atoms with Crippen molar-refractivity contribution in [1.29, 1.82) is 0 Å². The fraction of sp³-hybridized carbons (Fsp3) is 0.235. The van der Waals surface area contributed by atoms with E-state index in [0.29, 0.717) is 18.5 Å². The Labute approximate surface area is 124 Å². The summed E-state index contributed by atoms with van der Waals surface area (Å²) in [5, 5.41) is 12.4. The molecule has 0 saturated heterocycles. The van der Waals surface area contributed by atoms with Gasteiger partial charge in [-0.1, -0.05) is 24.3 Å². The normalized spacial score (nSPS) is 10.2. The molecule has 2 N–H and O–H groups in total. The number of nitrogens with one attached hydrogen (secondary N) is 1. The number of aromatic hydroxyl groups is 1. The van der Waals surface area contributed by atoms with Gasteiger partial charge in [0.15, 0.2) is 0 Å². The van der Waals surface area contributed by atoms with Crippen LogP contribution in [0.3, 0.4) is 0 Å². The monoisotopic (exact) mass is 285 g/mol. The molecule has 2 rings (SSSR count). The fourth-order valence-corrected chi connectivity index (χ4v) is 2.12. The van der Waals surface area contributed by atoms with Crippen LogP contribution >= 0.6 is 0 Å². The minimum Gasteiger partial charge on any atom is -0.506 e. The second kappa shape index (κ2) is 6.79. The Hall–Kier alpha value is -2.49. The summed E-state index contributed by atoms with van der Waals surface area (Å²) in [5.41, 5.74) is 2.41. The second-order valence-electron chi connectivity index (χ2n) is 4.88. The number of ether oxygens (including phenoxy) is 1. The SMILES string of the molecule is COc1ccccc1CCC(=O)Nc1cc(C)ccc1O. The van der Waals surface area contributed by atoms with E-state index in [1.54, 1.807) is 25.3 Å². The summed E-state index contributed by atoms with van der Waals surface area (Å²) in [6, 6.07) is 12.7. The van der Waals surface area contributed by atoms with Crippen LogP contribution in [0.4, 0.5) is 5.69 Å². The molecule has 0 aliphatic heterocycles. The molecule has 0 fully saturated rings. The van der Waals surface area contributed by atoms with E-state index in [9.17, 15) is 9.90 Å². The number of hydrogen-bond acceptors (Lipinski definition) is 3. The Morgan fingerprint density at radius 2 is 2.00 bits per heavy atom. The van der Waals surface area contributed by atoms with Crippen molar-refractivity contribution in [2.45, 2.75) is 19.8 Å². The highest BCUT2D eigenvalue weighted by molar-refractivity contribution is 5.92. The number of amides is 1. The number of phenols is 1. The number of aryl methyl sites for hydroxylation is 2. The molecule has 0 bridgehead atoms. The van der Waals surface area contributed by atoms with Crippen molar-refractivity contribution in [1.82, 2.24) is 0 Å². The lowest BCUT2D eigenvalue weighted by atomic mass is 10.1. The van der Waals surface area contributed by atoms with Gasteiger partial charge in [0.1, 0.15) is 11.5 Å². The van der Waals surface area contributed by atoms with E-state index in [0.717, 1.165) is 16.9 Å². The number of carbonyl (C=O) groups is 1. The van der Waals surface area contributed by atoms with Crippen LogP contribution in [0, 0.1) is 6.92 Å². The maximum Gasteiger partial charge on any atom is 0.224 e. The van der Waals surface area contributed by atoms with Crippen LogP contribution in [-0.2, 0) is 11.2 Å². The Morgan fingerprint density at radius 1 is 1.24 bits per heavy atom. The van der Waals surface area contributed by atoms with Gasteiger partial charge >= 0.3 is 0 Å². The first-order chi connectivity index (χ1) is 10.1. The number of phenolic OH excluding ortho intramolecular Hbond substituents is 1. The molecule has 0 atom stereocenters. The van der Waals surface area contributed by atoms with Gasteiger partial charge in [0.2, 0.25) is 5.91 Å². The molecule has 21 heavy (non-hydrogen) atoms. The van der Waals surface area contributed by atoms with Gasteiger partial charge in [-0.2, -0.15) is 0 Å². The Morgan fingerprint density at radius 3 is 2.76 bits per heavy atom. The van der Waals surface area contributed by atoms with Crippen molar-refractivity contribution in [3.8, 4) is 11.5 Å². The third-order valence-electron chi connectivity index (χ3n) is 3.24. The molecular weight excluding hydrogens is 266 g/mol. The van der Waals surface area contributed by atoms with Gasteiger partial charge < -0.3 is 15.2 Å². The van der Waals surface area contributed by atoms with Crippen molar-refractivity contribution in [3.05, 3.63) is 53.6 Å². The minimum atomic E-state index is -0.137. The van der Waals surface area contributed by atoms with Crippen molar-refractivity contribution in [2.75, 3.05) is 12.4 Å². The number of para-hydroxylation sites is 1. The standard InChI is InChI=1S/C17H19NO3/c1-12-7-9-15(19)14(11-12)18-17(20)10-8-13-5-3-4-6-16(13)21-2/h3-7,9,11,19H,8,10H2,1-2H3,(H,18,20). The number of hydrogen-bond donors (Lipinski definition) is 2. The topological polar surface area (TPSA) is 58.6 Å². The summed E-state index contributed by atoms with van der Waals surface area (Å²) < 4.78 is 5.26. The summed E-state index contributed by atoms with van der Waals surface area (Å²) >= 11 is 0. The predicted molar refractivity (Wildman–Crippen MR) is 82.8 cm³/mol. The number of anilines is 1. The van der Waals surface area contributed by atoms with Crippen LogP contribution in [-0.4, -0.2) is 18.1 Å². The Balaban J connectivity index is 1.97. The molecule has 0 radical (unpaired) electrons. The molecule has 2 aromatic carbocycles. The molecule has 0 heterocycles. The van der Waals surface area contributed by atoms with Crippen LogP contribution in [0.2, 0.25) is 0 Å². The summed E-state index contributed by atoms with van der Waals surface area (Å²) in [6.07, 6.45) is 0.913. The highest BCUT2D eigenvalue weighted by atomic mass is 16.5. The van der Waals surface area contributed by atoms with Crippen LogP contribution in [0.5, 0.6) is 11.5 Å². The Bertz CT molecular complexity index is 638. The summed E-state index contributed by atoms with van der Waals surface area (Å²) in [4.78, 5) is 12.0. The number of methoxy groups -OCH3 is 1. The number of benzene rings is 2. The molecule has 2 aromatic rings. The molecule has 110 valence electrons. The van der Waals surface area contributed by atoms with E-state index in [1.165, 1.54) is 0 Å².